The lowest BCUT2D eigenvalue weighted by Crippen LogP contribution is -2.49. The molecule has 2 heterocycles. The predicted octanol–water partition coefficient (Wildman–Crippen LogP) is 5.22. The third-order valence-electron chi connectivity index (χ3n) is 10.3. The summed E-state index contributed by atoms with van der Waals surface area (Å²) < 4.78 is 61.7. The molecule has 3 aliphatic rings. The Morgan fingerprint density at radius 3 is 2.06 bits per heavy atom. The molecule has 1 saturated heterocycles. The molecule has 0 radical (unpaired) electrons. The molecule has 0 N–H and O–H groups in total. The molecule has 0 amide bonds. The van der Waals surface area contributed by atoms with E-state index in [2.05, 4.69) is 30.0 Å². The van der Waals surface area contributed by atoms with E-state index in [1.165, 1.54) is 43.2 Å². The van der Waals surface area contributed by atoms with Crippen molar-refractivity contribution in [2.24, 2.45) is 11.8 Å². The van der Waals surface area contributed by atoms with Crippen LogP contribution in [-0.2, 0) is 39.6 Å². The topological polar surface area (TPSA) is 84.5 Å². The quantitative estimate of drug-likeness (QED) is 0.379. The molecular formula is C36H57N5O4S2. The lowest BCUT2D eigenvalue weighted by atomic mass is 9.89. The zero-order valence-electron chi connectivity index (χ0n) is 29.1. The fourth-order valence-corrected chi connectivity index (χ4v) is 10.9. The predicted molar refractivity (Wildman–Crippen MR) is 191 cm³/mol. The maximum atomic E-state index is 14.3. The van der Waals surface area contributed by atoms with Crippen molar-refractivity contribution < 1.29 is 16.8 Å². The normalized spacial score (nSPS) is 22.7. The highest BCUT2D eigenvalue weighted by atomic mass is 32.2. The van der Waals surface area contributed by atoms with E-state index in [0.717, 1.165) is 50.1 Å². The first kappa shape index (κ1) is 36.3. The van der Waals surface area contributed by atoms with Gasteiger partial charge >= 0.3 is 0 Å². The second-order valence-electron chi connectivity index (χ2n) is 14.3. The number of fused-ring (bicyclic) bond motifs is 1. The molecule has 1 saturated carbocycles. The van der Waals surface area contributed by atoms with Gasteiger partial charge in [-0.1, -0.05) is 51.3 Å². The molecule has 0 bridgehead atoms. The SMILES string of the molecule is CCc1ccc2c(c1)CCN(S(=O)(=O)N1CCCN(CC3CCCCC3)CCCN(S(=O)(=O)c3ccc(N(C)C)cc3)C[C@H](C)C1)C2. The van der Waals surface area contributed by atoms with Gasteiger partial charge in [-0.2, -0.15) is 21.3 Å². The van der Waals surface area contributed by atoms with Crippen molar-refractivity contribution >= 4 is 25.9 Å². The molecular weight excluding hydrogens is 631 g/mol. The second kappa shape index (κ2) is 16.1. The molecule has 0 spiro atoms. The van der Waals surface area contributed by atoms with Crippen LogP contribution in [0.25, 0.3) is 0 Å². The van der Waals surface area contributed by atoms with Crippen molar-refractivity contribution in [2.45, 2.75) is 83.1 Å². The second-order valence-corrected chi connectivity index (χ2v) is 18.1. The van der Waals surface area contributed by atoms with Crippen molar-refractivity contribution in [1.29, 1.82) is 0 Å². The highest BCUT2D eigenvalue weighted by Gasteiger charge is 2.35. The molecule has 11 heteroatoms. The number of benzene rings is 2. The van der Waals surface area contributed by atoms with Crippen LogP contribution in [0.15, 0.2) is 47.4 Å². The Kier molecular flexibility index (Phi) is 12.4. The van der Waals surface area contributed by atoms with E-state index >= 15 is 0 Å². The van der Waals surface area contributed by atoms with Gasteiger partial charge in [0.2, 0.25) is 10.0 Å². The third kappa shape index (κ3) is 9.16. The lowest BCUT2D eigenvalue weighted by molar-refractivity contribution is 0.179. The maximum Gasteiger partial charge on any atom is 0.282 e. The number of anilines is 1. The molecule has 9 nitrogen and oxygen atoms in total. The molecule has 1 aliphatic carbocycles. The van der Waals surface area contributed by atoms with Crippen LogP contribution in [0.2, 0.25) is 0 Å². The summed E-state index contributed by atoms with van der Waals surface area (Å²) >= 11 is 0. The minimum atomic E-state index is -3.77. The van der Waals surface area contributed by atoms with E-state index in [1.807, 2.05) is 38.1 Å². The summed E-state index contributed by atoms with van der Waals surface area (Å²) in [5.74, 6) is 0.482. The molecule has 2 aromatic carbocycles. The Labute approximate surface area is 285 Å². The van der Waals surface area contributed by atoms with E-state index in [4.69, 9.17) is 0 Å². The third-order valence-corrected chi connectivity index (χ3v) is 14.2. The van der Waals surface area contributed by atoms with Gasteiger partial charge in [-0.05, 0) is 104 Å². The zero-order valence-corrected chi connectivity index (χ0v) is 30.7. The van der Waals surface area contributed by atoms with Crippen LogP contribution in [0.1, 0.15) is 75.5 Å². The number of rotatable bonds is 8. The first-order chi connectivity index (χ1) is 22.5. The van der Waals surface area contributed by atoms with E-state index in [9.17, 15) is 16.8 Å². The Balaban J connectivity index is 1.38. The molecule has 2 aliphatic heterocycles. The van der Waals surface area contributed by atoms with Crippen LogP contribution in [0.5, 0.6) is 0 Å². The smallest absolute Gasteiger partial charge is 0.282 e. The van der Waals surface area contributed by atoms with E-state index in [-0.39, 0.29) is 23.9 Å². The minimum absolute atomic E-state index is 0.178. The summed E-state index contributed by atoms with van der Waals surface area (Å²) in [6.07, 6.45) is 9.55. The molecule has 0 unspecified atom stereocenters. The Morgan fingerprint density at radius 2 is 1.40 bits per heavy atom. The summed E-state index contributed by atoms with van der Waals surface area (Å²) in [5, 5.41) is 0. The van der Waals surface area contributed by atoms with E-state index in [0.29, 0.717) is 38.5 Å². The van der Waals surface area contributed by atoms with Gasteiger partial charge < -0.3 is 9.80 Å². The van der Waals surface area contributed by atoms with Crippen molar-refractivity contribution in [2.75, 3.05) is 71.4 Å². The molecule has 262 valence electrons. The van der Waals surface area contributed by atoms with Crippen molar-refractivity contribution in [3.63, 3.8) is 0 Å². The summed E-state index contributed by atoms with van der Waals surface area (Å²) in [6, 6.07) is 13.5. The van der Waals surface area contributed by atoms with Crippen LogP contribution in [0, 0.1) is 11.8 Å². The molecule has 0 aromatic heterocycles. The number of sulfonamides is 1. The number of nitrogens with zero attached hydrogens (tertiary/aromatic N) is 5. The van der Waals surface area contributed by atoms with Crippen LogP contribution >= 0.6 is 0 Å². The number of hydrogen-bond donors (Lipinski definition) is 0. The van der Waals surface area contributed by atoms with Crippen LogP contribution < -0.4 is 4.90 Å². The molecule has 2 aromatic rings. The average molecular weight is 688 g/mol. The van der Waals surface area contributed by atoms with Crippen LogP contribution in [0.3, 0.4) is 0 Å². The number of aryl methyl sites for hydroxylation is 1. The fraction of sp³-hybridized carbons (Fsp3) is 0.667. The van der Waals surface area contributed by atoms with Gasteiger partial charge in [0, 0.05) is 65.6 Å². The van der Waals surface area contributed by atoms with Gasteiger partial charge in [0.1, 0.15) is 0 Å². The number of hydrogen-bond acceptors (Lipinski definition) is 6. The Morgan fingerprint density at radius 1 is 0.745 bits per heavy atom. The van der Waals surface area contributed by atoms with Gasteiger partial charge in [-0.3, -0.25) is 0 Å². The highest BCUT2D eigenvalue weighted by Crippen LogP contribution is 2.28. The first-order valence-electron chi connectivity index (χ1n) is 17.8. The largest absolute Gasteiger partial charge is 0.378 e. The molecule has 1 atom stereocenters. The maximum absolute atomic E-state index is 14.3. The van der Waals surface area contributed by atoms with Crippen molar-refractivity contribution in [3.05, 3.63) is 59.2 Å². The minimum Gasteiger partial charge on any atom is -0.378 e. The first-order valence-corrected chi connectivity index (χ1v) is 20.7. The van der Waals surface area contributed by atoms with Gasteiger partial charge in [0.15, 0.2) is 0 Å². The summed E-state index contributed by atoms with van der Waals surface area (Å²) in [4.78, 5) is 4.71. The summed E-state index contributed by atoms with van der Waals surface area (Å²) in [6.45, 7) is 9.01. The van der Waals surface area contributed by atoms with Crippen LogP contribution in [-0.4, -0.2) is 101 Å². The molecule has 5 rings (SSSR count). The van der Waals surface area contributed by atoms with Crippen molar-refractivity contribution in [1.82, 2.24) is 17.8 Å². The van der Waals surface area contributed by atoms with Crippen molar-refractivity contribution in [3.8, 4) is 0 Å². The molecule has 47 heavy (non-hydrogen) atoms. The van der Waals surface area contributed by atoms with Gasteiger partial charge in [-0.15, -0.1) is 0 Å². The fourth-order valence-electron chi connectivity index (χ4n) is 7.56. The zero-order chi connectivity index (χ0) is 33.6. The van der Waals surface area contributed by atoms with Gasteiger partial charge in [0.25, 0.3) is 10.2 Å². The van der Waals surface area contributed by atoms with E-state index < -0.39 is 20.2 Å². The van der Waals surface area contributed by atoms with Gasteiger partial charge in [-0.25, -0.2) is 8.42 Å². The summed E-state index contributed by atoms with van der Waals surface area (Å²) in [7, 11) is -3.65. The highest BCUT2D eigenvalue weighted by molar-refractivity contribution is 7.89. The standard InChI is InChI=1S/C36H57N5O4S2/c1-5-31-13-14-34-29-41(24-19-33(34)25-31)47(44,45)40-23-10-21-38(28-32-11-7-6-8-12-32)20-9-22-39(26-30(2)27-40)46(42,43)36-17-15-35(16-18-36)37(3)4/h13-18,25,30,32H,5-12,19-24,26-29H2,1-4H3/t30-/m0/s1. The molecule has 2 fully saturated rings. The Hall–Kier alpha value is -2.02. The van der Waals surface area contributed by atoms with E-state index in [1.54, 1.807) is 25.0 Å². The average Bonchev–Trinajstić information content (AvgIpc) is 3.06. The monoisotopic (exact) mass is 687 g/mol. The lowest BCUT2D eigenvalue weighted by Gasteiger charge is -2.36. The van der Waals surface area contributed by atoms with Gasteiger partial charge in [0.05, 0.1) is 4.90 Å². The van der Waals surface area contributed by atoms with Crippen LogP contribution in [0.4, 0.5) is 5.69 Å². The Bertz CT molecular complexity index is 1520. The summed E-state index contributed by atoms with van der Waals surface area (Å²) in [5.41, 5.74) is 4.55.